The first-order valence-corrected chi connectivity index (χ1v) is 5.24. The Balaban J connectivity index is 2.37. The number of aryl methyl sites for hydroxylation is 1. The summed E-state index contributed by atoms with van der Waals surface area (Å²) >= 11 is 0. The van der Waals surface area contributed by atoms with Crippen LogP contribution in [0.4, 0.5) is 5.69 Å². The molecule has 0 aliphatic carbocycles. The highest BCUT2D eigenvalue weighted by Gasteiger charge is 2.10. The number of para-hydroxylation sites is 1. The highest BCUT2D eigenvalue weighted by molar-refractivity contribution is 5.98. The monoisotopic (exact) mass is 211 g/mol. The summed E-state index contributed by atoms with van der Waals surface area (Å²) in [5.41, 5.74) is 10.2. The summed E-state index contributed by atoms with van der Waals surface area (Å²) in [7, 11) is 2.05. The van der Waals surface area contributed by atoms with E-state index < -0.39 is 0 Å². The molecule has 0 fully saturated rings. The summed E-state index contributed by atoms with van der Waals surface area (Å²) in [6, 6.07) is 8.33. The van der Waals surface area contributed by atoms with Crippen LogP contribution >= 0.6 is 0 Å². The van der Waals surface area contributed by atoms with Crippen LogP contribution in [0.1, 0.15) is 0 Å². The Morgan fingerprint density at radius 2 is 1.94 bits per heavy atom. The number of aromatic amines is 1. The molecule has 0 atom stereocenters. The van der Waals surface area contributed by atoms with E-state index in [1.165, 1.54) is 16.5 Å². The van der Waals surface area contributed by atoms with Gasteiger partial charge in [-0.1, -0.05) is 18.2 Å². The van der Waals surface area contributed by atoms with E-state index in [1.807, 2.05) is 18.5 Å². The van der Waals surface area contributed by atoms with Gasteiger partial charge in [0.2, 0.25) is 0 Å². The number of hydrogen-bond acceptors (Lipinski definition) is 1. The molecule has 2 heterocycles. The number of H-pyrrole nitrogens is 1. The summed E-state index contributed by atoms with van der Waals surface area (Å²) in [6.07, 6.45) is 5.87. The molecular weight excluding hydrogens is 198 g/mol. The second-order valence-corrected chi connectivity index (χ2v) is 4.00. The van der Waals surface area contributed by atoms with Gasteiger partial charge in [0.1, 0.15) is 0 Å². The van der Waals surface area contributed by atoms with Crippen LogP contribution in [0.5, 0.6) is 0 Å². The van der Waals surface area contributed by atoms with Crippen LogP contribution in [0, 0.1) is 0 Å². The minimum absolute atomic E-state index is 0.788. The quantitative estimate of drug-likeness (QED) is 0.638. The van der Waals surface area contributed by atoms with Crippen LogP contribution in [0.3, 0.4) is 0 Å². The van der Waals surface area contributed by atoms with E-state index in [0.717, 1.165) is 11.3 Å². The van der Waals surface area contributed by atoms with Crippen molar-refractivity contribution in [3.8, 4) is 11.1 Å². The first-order valence-electron chi connectivity index (χ1n) is 5.24. The van der Waals surface area contributed by atoms with Crippen molar-refractivity contribution < 1.29 is 0 Å². The minimum atomic E-state index is 0.788. The Labute approximate surface area is 93.5 Å². The lowest BCUT2D eigenvalue weighted by Crippen LogP contribution is -1.83. The topological polar surface area (TPSA) is 46.7 Å². The lowest BCUT2D eigenvalue weighted by atomic mass is 10.1. The lowest BCUT2D eigenvalue weighted by molar-refractivity contribution is 0.970. The third-order valence-corrected chi connectivity index (χ3v) is 2.96. The van der Waals surface area contributed by atoms with Crippen LogP contribution in [0.15, 0.2) is 42.9 Å². The number of nitrogens with zero attached hydrogens (tertiary/aromatic N) is 1. The molecule has 3 N–H and O–H groups in total. The van der Waals surface area contributed by atoms with Gasteiger partial charge in [0.25, 0.3) is 0 Å². The fourth-order valence-electron chi connectivity index (χ4n) is 2.17. The largest absolute Gasteiger partial charge is 0.397 e. The highest BCUT2D eigenvalue weighted by Crippen LogP contribution is 2.33. The van der Waals surface area contributed by atoms with Crippen molar-refractivity contribution in [1.82, 2.24) is 9.55 Å². The van der Waals surface area contributed by atoms with Crippen molar-refractivity contribution in [2.45, 2.75) is 0 Å². The number of anilines is 1. The molecule has 1 aromatic carbocycles. The molecule has 0 aliphatic rings. The molecule has 3 heteroatoms. The first kappa shape index (κ1) is 9.09. The Morgan fingerprint density at radius 3 is 2.69 bits per heavy atom. The first-order chi connectivity index (χ1) is 7.77. The Morgan fingerprint density at radius 1 is 1.12 bits per heavy atom. The number of hydrogen-bond donors (Lipinski definition) is 2. The van der Waals surface area contributed by atoms with Crippen molar-refractivity contribution in [2.75, 3.05) is 5.73 Å². The molecule has 3 rings (SSSR count). The second kappa shape index (κ2) is 3.17. The van der Waals surface area contributed by atoms with Crippen molar-refractivity contribution in [3.63, 3.8) is 0 Å². The predicted octanol–water partition coefficient (Wildman–Crippen LogP) is 2.76. The Kier molecular flexibility index (Phi) is 1.80. The van der Waals surface area contributed by atoms with E-state index in [4.69, 9.17) is 5.73 Å². The van der Waals surface area contributed by atoms with E-state index in [0.29, 0.717) is 0 Å². The molecule has 16 heavy (non-hydrogen) atoms. The Bertz CT molecular complexity index is 646. The maximum absolute atomic E-state index is 5.93. The van der Waals surface area contributed by atoms with Crippen molar-refractivity contribution >= 4 is 16.6 Å². The highest BCUT2D eigenvalue weighted by atomic mass is 14.9. The van der Waals surface area contributed by atoms with Gasteiger partial charge < -0.3 is 15.3 Å². The number of benzene rings is 1. The number of aromatic nitrogens is 2. The number of nitrogens with one attached hydrogen (secondary N) is 1. The van der Waals surface area contributed by atoms with E-state index >= 15 is 0 Å². The smallest absolute Gasteiger partial charge is 0.0572 e. The van der Waals surface area contributed by atoms with Crippen LogP contribution in [-0.2, 0) is 7.05 Å². The number of nitrogen functional groups attached to an aromatic ring is 1. The third-order valence-electron chi connectivity index (χ3n) is 2.96. The zero-order valence-electron chi connectivity index (χ0n) is 9.07. The van der Waals surface area contributed by atoms with Gasteiger partial charge in [-0.2, -0.15) is 0 Å². The van der Waals surface area contributed by atoms with E-state index in [2.05, 4.69) is 41.0 Å². The Hall–Kier alpha value is -2.16. The molecule has 0 saturated carbocycles. The molecule has 80 valence electrons. The fourth-order valence-corrected chi connectivity index (χ4v) is 2.17. The molecule has 0 spiro atoms. The standard InChI is InChI=1S/C13H13N3/c1-16-8-11(10-6-15-7-12(10)14)9-4-2-3-5-13(9)16/h2-8,15H,14H2,1H3. The molecule has 0 saturated heterocycles. The summed E-state index contributed by atoms with van der Waals surface area (Å²) in [4.78, 5) is 3.04. The van der Waals surface area contributed by atoms with Crippen molar-refractivity contribution in [2.24, 2.45) is 7.05 Å². The van der Waals surface area contributed by atoms with Crippen LogP contribution < -0.4 is 5.73 Å². The van der Waals surface area contributed by atoms with Crippen LogP contribution in [0.25, 0.3) is 22.0 Å². The molecular formula is C13H13N3. The van der Waals surface area contributed by atoms with Gasteiger partial charge in [0, 0.05) is 47.7 Å². The van der Waals surface area contributed by atoms with Gasteiger partial charge in [0.15, 0.2) is 0 Å². The minimum Gasteiger partial charge on any atom is -0.397 e. The van der Waals surface area contributed by atoms with Crippen LogP contribution in [0.2, 0.25) is 0 Å². The van der Waals surface area contributed by atoms with Gasteiger partial charge in [-0.05, 0) is 6.07 Å². The molecule has 0 unspecified atom stereocenters. The zero-order chi connectivity index (χ0) is 11.1. The fraction of sp³-hybridized carbons (Fsp3) is 0.0769. The molecule has 2 aromatic heterocycles. The van der Waals surface area contributed by atoms with Gasteiger partial charge in [0.05, 0.1) is 5.69 Å². The molecule has 0 bridgehead atoms. The van der Waals surface area contributed by atoms with Gasteiger partial charge >= 0.3 is 0 Å². The molecule has 3 aromatic rings. The third kappa shape index (κ3) is 1.15. The lowest BCUT2D eigenvalue weighted by Gasteiger charge is -1.96. The second-order valence-electron chi connectivity index (χ2n) is 4.00. The molecule has 0 amide bonds. The number of fused-ring (bicyclic) bond motifs is 1. The summed E-state index contributed by atoms with van der Waals surface area (Å²) in [6.45, 7) is 0. The van der Waals surface area contributed by atoms with E-state index in [9.17, 15) is 0 Å². The van der Waals surface area contributed by atoms with E-state index in [-0.39, 0.29) is 0 Å². The molecule has 3 nitrogen and oxygen atoms in total. The van der Waals surface area contributed by atoms with Crippen molar-refractivity contribution in [1.29, 1.82) is 0 Å². The van der Waals surface area contributed by atoms with Gasteiger partial charge in [-0.15, -0.1) is 0 Å². The average molecular weight is 211 g/mol. The normalized spacial score (nSPS) is 11.1. The maximum atomic E-state index is 5.93. The van der Waals surface area contributed by atoms with Crippen molar-refractivity contribution in [3.05, 3.63) is 42.9 Å². The SMILES string of the molecule is Cn1cc(-c2c[nH]cc2N)c2ccccc21. The zero-order valence-corrected chi connectivity index (χ0v) is 9.07. The van der Waals surface area contributed by atoms with Gasteiger partial charge in [-0.25, -0.2) is 0 Å². The maximum Gasteiger partial charge on any atom is 0.0572 e. The van der Waals surface area contributed by atoms with Crippen LogP contribution in [-0.4, -0.2) is 9.55 Å². The number of rotatable bonds is 1. The predicted molar refractivity (Wildman–Crippen MR) is 67.1 cm³/mol. The molecule has 0 radical (unpaired) electrons. The van der Waals surface area contributed by atoms with E-state index in [1.54, 1.807) is 0 Å². The summed E-state index contributed by atoms with van der Waals surface area (Å²) in [5.74, 6) is 0. The summed E-state index contributed by atoms with van der Waals surface area (Å²) in [5, 5.41) is 1.23. The number of nitrogens with two attached hydrogens (primary N) is 1. The van der Waals surface area contributed by atoms with Gasteiger partial charge in [-0.3, -0.25) is 0 Å². The molecule has 0 aliphatic heterocycles. The average Bonchev–Trinajstić information content (AvgIpc) is 2.84. The summed E-state index contributed by atoms with van der Waals surface area (Å²) < 4.78 is 2.12.